The molecule has 1 aromatic carbocycles. The molecular formula is C24H32N2O4. The number of hydrogen-bond acceptors (Lipinski definition) is 6. The molecule has 2 heterocycles. The summed E-state index contributed by atoms with van der Waals surface area (Å²) < 4.78 is 10.9. The van der Waals surface area contributed by atoms with Crippen LogP contribution in [0.3, 0.4) is 0 Å². The van der Waals surface area contributed by atoms with Gasteiger partial charge < -0.3 is 14.8 Å². The molecule has 1 atom stereocenters. The second-order valence-corrected chi connectivity index (χ2v) is 8.19. The summed E-state index contributed by atoms with van der Waals surface area (Å²) >= 11 is 0. The number of hydrogen-bond donors (Lipinski definition) is 1. The molecule has 1 aromatic rings. The number of allylic oxidation sites excluding steroid dienone is 2. The van der Waals surface area contributed by atoms with E-state index in [0.717, 1.165) is 44.6 Å². The van der Waals surface area contributed by atoms with Crippen LogP contribution < -0.4 is 5.32 Å². The van der Waals surface area contributed by atoms with Gasteiger partial charge in [0.05, 0.1) is 18.3 Å². The Morgan fingerprint density at radius 2 is 1.77 bits per heavy atom. The van der Waals surface area contributed by atoms with Gasteiger partial charge in [-0.1, -0.05) is 37.3 Å². The molecule has 0 radical (unpaired) electrons. The number of nitrogens with zero attached hydrogens (tertiary/aromatic N) is 1. The molecule has 0 bridgehead atoms. The smallest absolute Gasteiger partial charge is 0.336 e. The van der Waals surface area contributed by atoms with Crippen molar-refractivity contribution in [3.63, 3.8) is 0 Å². The SMILES string of the molecule is CCC1(OC(=O)C2=C(C)NC(C)=C(C(=O)OC)C2)CCN(CCc2ccccc2)C1. The monoisotopic (exact) mass is 412 g/mol. The zero-order valence-electron chi connectivity index (χ0n) is 18.4. The van der Waals surface area contributed by atoms with E-state index in [1.807, 2.05) is 19.9 Å². The number of carbonyl (C=O) groups is 2. The number of ether oxygens (including phenoxy) is 2. The predicted molar refractivity (Wildman–Crippen MR) is 115 cm³/mol. The molecule has 2 aliphatic rings. The van der Waals surface area contributed by atoms with E-state index in [1.165, 1.54) is 12.7 Å². The van der Waals surface area contributed by atoms with E-state index in [4.69, 9.17) is 9.47 Å². The molecule has 0 spiro atoms. The van der Waals surface area contributed by atoms with Crippen molar-refractivity contribution in [3.05, 3.63) is 58.4 Å². The maximum Gasteiger partial charge on any atom is 0.336 e. The molecule has 1 saturated heterocycles. The number of carbonyl (C=O) groups excluding carboxylic acids is 2. The largest absolute Gasteiger partial charge is 0.466 e. The van der Waals surface area contributed by atoms with Gasteiger partial charge in [-0.05, 0) is 32.3 Å². The zero-order chi connectivity index (χ0) is 21.7. The Morgan fingerprint density at radius 1 is 1.10 bits per heavy atom. The number of likely N-dealkylation sites (tertiary alicyclic amines) is 1. The van der Waals surface area contributed by atoms with Gasteiger partial charge in [0.25, 0.3) is 0 Å². The lowest BCUT2D eigenvalue weighted by Crippen LogP contribution is -2.39. The molecule has 1 unspecified atom stereocenters. The van der Waals surface area contributed by atoms with Gasteiger partial charge in [0.2, 0.25) is 0 Å². The summed E-state index contributed by atoms with van der Waals surface area (Å²) in [4.78, 5) is 27.5. The van der Waals surface area contributed by atoms with Crippen LogP contribution in [0, 0.1) is 0 Å². The van der Waals surface area contributed by atoms with E-state index in [0.29, 0.717) is 16.8 Å². The third-order valence-electron chi connectivity index (χ3n) is 6.22. The van der Waals surface area contributed by atoms with E-state index in [-0.39, 0.29) is 12.4 Å². The fraction of sp³-hybridized carbons (Fsp3) is 0.500. The summed E-state index contributed by atoms with van der Waals surface area (Å²) in [7, 11) is 1.35. The highest BCUT2D eigenvalue weighted by Crippen LogP contribution is 2.32. The van der Waals surface area contributed by atoms with E-state index < -0.39 is 11.6 Å². The lowest BCUT2D eigenvalue weighted by molar-refractivity contribution is -0.154. The van der Waals surface area contributed by atoms with E-state index >= 15 is 0 Å². The van der Waals surface area contributed by atoms with Gasteiger partial charge in [0.15, 0.2) is 0 Å². The predicted octanol–water partition coefficient (Wildman–Crippen LogP) is 3.34. The fourth-order valence-electron chi connectivity index (χ4n) is 4.20. The van der Waals surface area contributed by atoms with Crippen molar-refractivity contribution in [1.82, 2.24) is 10.2 Å². The summed E-state index contributed by atoms with van der Waals surface area (Å²) in [6.07, 6.45) is 2.80. The Balaban J connectivity index is 1.63. The van der Waals surface area contributed by atoms with E-state index in [2.05, 4.69) is 41.4 Å². The molecule has 2 aliphatic heterocycles. The van der Waals surface area contributed by atoms with Crippen LogP contribution in [-0.2, 0) is 25.5 Å². The molecule has 6 heteroatoms. The van der Waals surface area contributed by atoms with E-state index in [1.54, 1.807) is 0 Å². The molecule has 162 valence electrons. The molecule has 0 aromatic heterocycles. The van der Waals surface area contributed by atoms with Crippen LogP contribution in [0.1, 0.15) is 45.6 Å². The molecule has 0 amide bonds. The van der Waals surface area contributed by atoms with Gasteiger partial charge >= 0.3 is 11.9 Å². The highest BCUT2D eigenvalue weighted by Gasteiger charge is 2.41. The highest BCUT2D eigenvalue weighted by atomic mass is 16.6. The summed E-state index contributed by atoms with van der Waals surface area (Å²) in [5, 5.41) is 3.13. The first-order chi connectivity index (χ1) is 14.4. The van der Waals surface area contributed by atoms with Gasteiger partial charge in [-0.25, -0.2) is 9.59 Å². The molecule has 30 heavy (non-hydrogen) atoms. The molecule has 6 nitrogen and oxygen atoms in total. The van der Waals surface area contributed by atoms with Crippen LogP contribution in [0.2, 0.25) is 0 Å². The van der Waals surface area contributed by atoms with Crippen LogP contribution in [0.5, 0.6) is 0 Å². The Kier molecular flexibility index (Phi) is 6.98. The number of dihydropyridines is 1. The van der Waals surface area contributed by atoms with Crippen molar-refractivity contribution in [2.24, 2.45) is 0 Å². The van der Waals surface area contributed by atoms with Crippen molar-refractivity contribution in [2.75, 3.05) is 26.7 Å². The number of nitrogens with one attached hydrogen (secondary N) is 1. The molecule has 3 rings (SSSR count). The first-order valence-electron chi connectivity index (χ1n) is 10.6. The van der Waals surface area contributed by atoms with Crippen molar-refractivity contribution in [3.8, 4) is 0 Å². The number of benzene rings is 1. The van der Waals surface area contributed by atoms with Crippen molar-refractivity contribution in [1.29, 1.82) is 0 Å². The van der Waals surface area contributed by atoms with Gasteiger partial charge in [-0.2, -0.15) is 0 Å². The minimum atomic E-state index is -0.483. The minimum absolute atomic E-state index is 0.230. The normalized spacial score (nSPS) is 22.1. The fourth-order valence-corrected chi connectivity index (χ4v) is 4.20. The highest BCUT2D eigenvalue weighted by molar-refractivity contribution is 5.96. The molecular weight excluding hydrogens is 380 g/mol. The number of rotatable bonds is 7. The van der Waals surface area contributed by atoms with Crippen LogP contribution in [-0.4, -0.2) is 49.2 Å². The van der Waals surface area contributed by atoms with E-state index in [9.17, 15) is 9.59 Å². The Labute approximate surface area is 178 Å². The lowest BCUT2D eigenvalue weighted by Gasteiger charge is -2.30. The summed E-state index contributed by atoms with van der Waals surface area (Å²) in [5.74, 6) is -0.767. The maximum atomic E-state index is 13.1. The molecule has 1 N–H and O–H groups in total. The third-order valence-corrected chi connectivity index (χ3v) is 6.22. The average molecular weight is 413 g/mol. The van der Waals surface area contributed by atoms with Crippen molar-refractivity contribution >= 4 is 11.9 Å². The first-order valence-corrected chi connectivity index (χ1v) is 10.6. The Morgan fingerprint density at radius 3 is 2.40 bits per heavy atom. The van der Waals surface area contributed by atoms with Gasteiger partial charge in [0.1, 0.15) is 5.60 Å². The minimum Gasteiger partial charge on any atom is -0.466 e. The summed E-state index contributed by atoms with van der Waals surface area (Å²) in [5.41, 5.74) is 3.25. The Hall–Kier alpha value is -2.60. The van der Waals surface area contributed by atoms with Crippen LogP contribution >= 0.6 is 0 Å². The second-order valence-electron chi connectivity index (χ2n) is 8.19. The first kappa shape index (κ1) is 22.1. The molecule has 1 fully saturated rings. The summed E-state index contributed by atoms with van der Waals surface area (Å²) in [6.45, 7) is 8.32. The van der Waals surface area contributed by atoms with Crippen molar-refractivity contribution < 1.29 is 19.1 Å². The molecule has 0 aliphatic carbocycles. The van der Waals surface area contributed by atoms with Crippen molar-refractivity contribution in [2.45, 2.75) is 52.1 Å². The van der Waals surface area contributed by atoms with Crippen LogP contribution in [0.25, 0.3) is 0 Å². The molecule has 0 saturated carbocycles. The summed E-state index contributed by atoms with van der Waals surface area (Å²) in [6, 6.07) is 10.4. The average Bonchev–Trinajstić information content (AvgIpc) is 3.16. The zero-order valence-corrected chi connectivity index (χ0v) is 18.4. The van der Waals surface area contributed by atoms with Gasteiger partial charge in [-0.3, -0.25) is 4.90 Å². The standard InChI is InChI=1S/C24H32N2O4/c1-5-24(12-14-26(16-24)13-11-19-9-7-6-8-10-19)30-23(28)21-15-20(22(27)29-4)17(2)25-18(21)3/h6-10,25H,5,11-16H2,1-4H3. The maximum absolute atomic E-state index is 13.1. The Bertz CT molecular complexity index is 859. The van der Waals surface area contributed by atoms with Gasteiger partial charge in [-0.15, -0.1) is 0 Å². The second kappa shape index (κ2) is 9.47. The van der Waals surface area contributed by atoms with Gasteiger partial charge in [0, 0.05) is 43.9 Å². The lowest BCUT2D eigenvalue weighted by atomic mass is 9.96. The van der Waals surface area contributed by atoms with Crippen LogP contribution in [0.4, 0.5) is 0 Å². The quantitative estimate of drug-likeness (QED) is 0.693. The number of methoxy groups -OCH3 is 1. The third kappa shape index (κ3) is 4.93. The van der Waals surface area contributed by atoms with Crippen LogP contribution in [0.15, 0.2) is 52.9 Å². The topological polar surface area (TPSA) is 67.9 Å². The number of esters is 2.